The predicted octanol–water partition coefficient (Wildman–Crippen LogP) is 2.15. The Morgan fingerprint density at radius 2 is 1.91 bits per heavy atom. The lowest BCUT2D eigenvalue weighted by Crippen LogP contribution is -1.97. The van der Waals surface area contributed by atoms with Crippen LogP contribution in [-0.4, -0.2) is 5.78 Å². The van der Waals surface area contributed by atoms with Crippen LogP contribution in [0, 0.1) is 13.8 Å². The summed E-state index contributed by atoms with van der Waals surface area (Å²) in [5, 5.41) is 0. The molecule has 0 aliphatic carbocycles. The quantitative estimate of drug-likeness (QED) is 0.654. The van der Waals surface area contributed by atoms with Gasteiger partial charge < -0.3 is 5.73 Å². The Hall–Kier alpha value is -0.830. The van der Waals surface area contributed by atoms with Gasteiger partial charge in [0, 0.05) is 9.75 Å². The molecule has 0 saturated heterocycles. The van der Waals surface area contributed by atoms with E-state index in [2.05, 4.69) is 0 Å². The van der Waals surface area contributed by atoms with E-state index in [9.17, 15) is 4.79 Å². The molecule has 0 aliphatic heterocycles. The standard InChI is InChI=1S/C8H11NOS/c1-4(10)7-5(2)11-6(3)8(7)9/h9H2,1-3H3. The molecule has 1 rings (SSSR count). The number of hydrogen-bond acceptors (Lipinski definition) is 3. The molecule has 0 fully saturated rings. The minimum atomic E-state index is 0.0596. The fraction of sp³-hybridized carbons (Fsp3) is 0.375. The van der Waals surface area contributed by atoms with Crippen LogP contribution in [0.5, 0.6) is 0 Å². The Labute approximate surface area is 70.0 Å². The third-order valence-electron chi connectivity index (χ3n) is 1.66. The molecule has 60 valence electrons. The minimum absolute atomic E-state index is 0.0596. The van der Waals surface area contributed by atoms with Crippen LogP contribution in [0.15, 0.2) is 0 Å². The first-order valence-electron chi connectivity index (χ1n) is 3.40. The van der Waals surface area contributed by atoms with Crippen LogP contribution in [0.3, 0.4) is 0 Å². The van der Waals surface area contributed by atoms with Gasteiger partial charge in [-0.15, -0.1) is 11.3 Å². The van der Waals surface area contributed by atoms with E-state index in [1.807, 2.05) is 13.8 Å². The lowest BCUT2D eigenvalue weighted by molar-refractivity contribution is 0.101. The number of rotatable bonds is 1. The van der Waals surface area contributed by atoms with Crippen molar-refractivity contribution in [1.29, 1.82) is 0 Å². The van der Waals surface area contributed by atoms with Gasteiger partial charge in [-0.05, 0) is 20.8 Å². The van der Waals surface area contributed by atoms with Crippen molar-refractivity contribution in [2.45, 2.75) is 20.8 Å². The average Bonchev–Trinajstić information content (AvgIpc) is 2.07. The molecule has 1 heterocycles. The Bertz CT molecular complexity index is 301. The number of hydrogen-bond donors (Lipinski definition) is 1. The molecule has 0 atom stereocenters. The van der Waals surface area contributed by atoms with E-state index in [0.717, 1.165) is 9.75 Å². The van der Waals surface area contributed by atoms with Crippen molar-refractivity contribution in [3.8, 4) is 0 Å². The van der Waals surface area contributed by atoms with Crippen molar-refractivity contribution in [2.75, 3.05) is 5.73 Å². The first kappa shape index (κ1) is 8.27. The second-order valence-electron chi connectivity index (χ2n) is 2.56. The lowest BCUT2D eigenvalue weighted by atomic mass is 10.1. The SMILES string of the molecule is CC(=O)c1c(C)sc(C)c1N. The number of anilines is 1. The average molecular weight is 169 g/mol. The Morgan fingerprint density at radius 3 is 2.09 bits per heavy atom. The number of Topliss-reactive ketones (excluding diaryl/α,β-unsaturated/α-hetero) is 1. The molecule has 0 spiro atoms. The van der Waals surface area contributed by atoms with Crippen LogP contribution in [-0.2, 0) is 0 Å². The van der Waals surface area contributed by atoms with Gasteiger partial charge in [0.25, 0.3) is 0 Å². The molecular weight excluding hydrogens is 158 g/mol. The largest absolute Gasteiger partial charge is 0.397 e. The summed E-state index contributed by atoms with van der Waals surface area (Å²) in [5.74, 6) is 0.0596. The van der Waals surface area contributed by atoms with Crippen LogP contribution >= 0.6 is 11.3 Å². The Morgan fingerprint density at radius 1 is 1.36 bits per heavy atom. The summed E-state index contributed by atoms with van der Waals surface area (Å²) >= 11 is 1.58. The second-order valence-corrected chi connectivity index (χ2v) is 3.99. The van der Waals surface area contributed by atoms with Gasteiger partial charge in [-0.2, -0.15) is 0 Å². The zero-order chi connectivity index (χ0) is 8.59. The summed E-state index contributed by atoms with van der Waals surface area (Å²) < 4.78 is 0. The van der Waals surface area contributed by atoms with Crippen molar-refractivity contribution in [3.05, 3.63) is 15.3 Å². The first-order chi connectivity index (χ1) is 5.04. The van der Waals surface area contributed by atoms with E-state index in [0.29, 0.717) is 11.3 Å². The van der Waals surface area contributed by atoms with E-state index < -0.39 is 0 Å². The maximum absolute atomic E-state index is 11.0. The highest BCUT2D eigenvalue weighted by atomic mass is 32.1. The predicted molar refractivity (Wildman–Crippen MR) is 48.2 cm³/mol. The summed E-state index contributed by atoms with van der Waals surface area (Å²) in [5.41, 5.74) is 7.05. The highest BCUT2D eigenvalue weighted by Gasteiger charge is 2.13. The molecule has 2 N–H and O–H groups in total. The first-order valence-corrected chi connectivity index (χ1v) is 4.22. The number of thiophene rings is 1. The van der Waals surface area contributed by atoms with Crippen LogP contribution < -0.4 is 5.73 Å². The Balaban J connectivity index is 3.34. The van der Waals surface area contributed by atoms with Crippen molar-refractivity contribution >= 4 is 22.8 Å². The molecular formula is C8H11NOS. The normalized spacial score (nSPS) is 10.1. The molecule has 0 saturated carbocycles. The summed E-state index contributed by atoms with van der Waals surface area (Å²) in [6.07, 6.45) is 0. The smallest absolute Gasteiger partial charge is 0.162 e. The molecule has 1 aromatic heterocycles. The van der Waals surface area contributed by atoms with E-state index in [1.165, 1.54) is 0 Å². The third kappa shape index (κ3) is 1.28. The second kappa shape index (κ2) is 2.66. The monoisotopic (exact) mass is 169 g/mol. The van der Waals surface area contributed by atoms with Crippen LogP contribution in [0.1, 0.15) is 27.0 Å². The van der Waals surface area contributed by atoms with Crippen LogP contribution in [0.25, 0.3) is 0 Å². The van der Waals surface area contributed by atoms with Gasteiger partial charge in [0.15, 0.2) is 5.78 Å². The maximum atomic E-state index is 11.0. The number of carbonyl (C=O) groups is 1. The van der Waals surface area contributed by atoms with Gasteiger partial charge in [-0.1, -0.05) is 0 Å². The minimum Gasteiger partial charge on any atom is -0.397 e. The summed E-state index contributed by atoms with van der Waals surface area (Å²) in [4.78, 5) is 13.1. The Kier molecular flexibility index (Phi) is 2.00. The lowest BCUT2D eigenvalue weighted by Gasteiger charge is -1.94. The van der Waals surface area contributed by atoms with Crippen molar-refractivity contribution in [1.82, 2.24) is 0 Å². The molecule has 0 radical (unpaired) electrons. The fourth-order valence-electron chi connectivity index (χ4n) is 1.14. The van der Waals surface area contributed by atoms with Gasteiger partial charge >= 0.3 is 0 Å². The van der Waals surface area contributed by atoms with E-state index >= 15 is 0 Å². The molecule has 0 bridgehead atoms. The summed E-state index contributed by atoms with van der Waals surface area (Å²) in [7, 11) is 0. The van der Waals surface area contributed by atoms with Crippen LogP contribution in [0.4, 0.5) is 5.69 Å². The molecule has 0 amide bonds. The maximum Gasteiger partial charge on any atom is 0.162 e. The van der Waals surface area contributed by atoms with Gasteiger partial charge in [0.1, 0.15) is 0 Å². The molecule has 11 heavy (non-hydrogen) atoms. The number of ketones is 1. The van der Waals surface area contributed by atoms with E-state index in [-0.39, 0.29) is 5.78 Å². The molecule has 1 aromatic rings. The van der Waals surface area contributed by atoms with E-state index in [1.54, 1.807) is 18.3 Å². The van der Waals surface area contributed by atoms with Gasteiger partial charge in [-0.3, -0.25) is 4.79 Å². The number of nitrogen functional groups attached to an aromatic ring is 1. The van der Waals surface area contributed by atoms with Gasteiger partial charge in [-0.25, -0.2) is 0 Å². The van der Waals surface area contributed by atoms with Crippen molar-refractivity contribution < 1.29 is 4.79 Å². The molecule has 0 aliphatic rings. The molecule has 0 aromatic carbocycles. The highest BCUT2D eigenvalue weighted by molar-refractivity contribution is 7.12. The topological polar surface area (TPSA) is 43.1 Å². The van der Waals surface area contributed by atoms with Gasteiger partial charge in [0.2, 0.25) is 0 Å². The summed E-state index contributed by atoms with van der Waals surface area (Å²) in [6.45, 7) is 5.40. The zero-order valence-electron chi connectivity index (χ0n) is 6.89. The molecule has 3 heteroatoms. The third-order valence-corrected chi connectivity index (χ3v) is 2.70. The van der Waals surface area contributed by atoms with E-state index in [4.69, 9.17) is 5.73 Å². The number of aryl methyl sites for hydroxylation is 2. The number of carbonyl (C=O) groups excluding carboxylic acids is 1. The van der Waals surface area contributed by atoms with Gasteiger partial charge in [0.05, 0.1) is 11.3 Å². The van der Waals surface area contributed by atoms with Crippen molar-refractivity contribution in [2.24, 2.45) is 0 Å². The summed E-state index contributed by atoms with van der Waals surface area (Å²) in [6, 6.07) is 0. The molecule has 0 unspecified atom stereocenters. The molecule has 2 nitrogen and oxygen atoms in total. The highest BCUT2D eigenvalue weighted by Crippen LogP contribution is 2.29. The number of nitrogens with two attached hydrogens (primary N) is 1. The van der Waals surface area contributed by atoms with Crippen molar-refractivity contribution in [3.63, 3.8) is 0 Å². The fourth-order valence-corrected chi connectivity index (χ4v) is 2.17. The van der Waals surface area contributed by atoms with Crippen LogP contribution in [0.2, 0.25) is 0 Å². The zero-order valence-corrected chi connectivity index (χ0v) is 7.71.